The largest absolute Gasteiger partial charge is 0.329 e. The van der Waals surface area contributed by atoms with E-state index in [1.165, 1.54) is 64.6 Å². The van der Waals surface area contributed by atoms with Crippen molar-refractivity contribution in [1.82, 2.24) is 9.80 Å². The average Bonchev–Trinajstić information content (AvgIpc) is 2.42. The molecule has 1 aliphatic carbocycles. The second kappa shape index (κ2) is 5.94. The Hall–Kier alpha value is -0.120. The second-order valence-corrected chi connectivity index (χ2v) is 7.85. The lowest BCUT2D eigenvalue weighted by Crippen LogP contribution is -2.66. The summed E-state index contributed by atoms with van der Waals surface area (Å²) in [7, 11) is 0. The van der Waals surface area contributed by atoms with Gasteiger partial charge in [-0.3, -0.25) is 9.80 Å². The van der Waals surface area contributed by atoms with Crippen LogP contribution in [0.5, 0.6) is 0 Å². The minimum Gasteiger partial charge on any atom is -0.329 e. The lowest BCUT2D eigenvalue weighted by atomic mass is 9.75. The molecule has 3 atom stereocenters. The molecule has 0 aromatic rings. The number of rotatable bonds is 4. The highest BCUT2D eigenvalue weighted by atomic mass is 15.3. The highest BCUT2D eigenvalue weighted by Gasteiger charge is 2.42. The topological polar surface area (TPSA) is 32.5 Å². The van der Waals surface area contributed by atoms with Crippen LogP contribution in [0.2, 0.25) is 0 Å². The van der Waals surface area contributed by atoms with Gasteiger partial charge in [-0.15, -0.1) is 0 Å². The van der Waals surface area contributed by atoms with E-state index in [2.05, 4.69) is 23.6 Å². The molecular weight excluding hydrogens is 246 g/mol. The van der Waals surface area contributed by atoms with Crippen LogP contribution in [-0.4, -0.2) is 53.6 Å². The lowest BCUT2D eigenvalue weighted by Gasteiger charge is -2.55. The van der Waals surface area contributed by atoms with Gasteiger partial charge in [0.1, 0.15) is 0 Å². The number of hydrogen-bond donors (Lipinski definition) is 1. The van der Waals surface area contributed by atoms with Crippen molar-refractivity contribution in [3.8, 4) is 0 Å². The fraction of sp³-hybridized carbons (Fsp3) is 1.00. The predicted molar refractivity (Wildman–Crippen MR) is 84.8 cm³/mol. The third-order valence-corrected chi connectivity index (χ3v) is 6.27. The summed E-state index contributed by atoms with van der Waals surface area (Å²) in [6, 6.07) is 1.46. The van der Waals surface area contributed by atoms with E-state index in [-0.39, 0.29) is 5.54 Å². The summed E-state index contributed by atoms with van der Waals surface area (Å²) in [5.74, 6) is 0.945. The molecular formula is C17H33N3. The first-order chi connectivity index (χ1) is 9.62. The molecule has 3 rings (SSSR count). The highest BCUT2D eigenvalue weighted by Crippen LogP contribution is 2.38. The van der Waals surface area contributed by atoms with Gasteiger partial charge >= 0.3 is 0 Å². The number of fused-ring (bicyclic) bond motifs is 1. The van der Waals surface area contributed by atoms with Gasteiger partial charge in [0, 0.05) is 37.3 Å². The SMILES string of the molecule is CC1CN2CCCCC2CN1C(C)(CN)CC1CCC1. The summed E-state index contributed by atoms with van der Waals surface area (Å²) in [5.41, 5.74) is 6.47. The molecule has 0 spiro atoms. The van der Waals surface area contributed by atoms with Gasteiger partial charge < -0.3 is 5.73 Å². The monoisotopic (exact) mass is 279 g/mol. The first kappa shape index (κ1) is 14.8. The molecule has 3 fully saturated rings. The van der Waals surface area contributed by atoms with Crippen molar-refractivity contribution in [2.24, 2.45) is 11.7 Å². The molecule has 20 heavy (non-hydrogen) atoms. The first-order valence-electron chi connectivity index (χ1n) is 8.83. The maximum Gasteiger partial charge on any atom is 0.0310 e. The standard InChI is InChI=1S/C17H33N3/c1-14-11-19-9-4-3-8-16(19)12-20(14)17(2,13-18)10-15-6-5-7-15/h14-16H,3-13,18H2,1-2H3. The van der Waals surface area contributed by atoms with Gasteiger partial charge in [0.25, 0.3) is 0 Å². The molecule has 2 aliphatic heterocycles. The zero-order chi connectivity index (χ0) is 14.2. The van der Waals surface area contributed by atoms with E-state index < -0.39 is 0 Å². The van der Waals surface area contributed by atoms with Crippen LogP contribution in [0.3, 0.4) is 0 Å². The lowest BCUT2D eigenvalue weighted by molar-refractivity contribution is -0.0503. The number of piperidine rings is 1. The van der Waals surface area contributed by atoms with Crippen LogP contribution in [0.25, 0.3) is 0 Å². The van der Waals surface area contributed by atoms with Crippen molar-refractivity contribution in [3.63, 3.8) is 0 Å². The molecule has 116 valence electrons. The second-order valence-electron chi connectivity index (χ2n) is 7.85. The molecule has 0 amide bonds. The minimum absolute atomic E-state index is 0.230. The molecule has 3 unspecified atom stereocenters. The summed E-state index contributed by atoms with van der Waals surface area (Å²) in [5, 5.41) is 0. The van der Waals surface area contributed by atoms with Crippen LogP contribution in [0, 0.1) is 5.92 Å². The Morgan fingerprint density at radius 3 is 2.55 bits per heavy atom. The van der Waals surface area contributed by atoms with E-state index in [1.54, 1.807) is 0 Å². The molecule has 2 heterocycles. The van der Waals surface area contributed by atoms with Gasteiger partial charge in [0.05, 0.1) is 0 Å². The third kappa shape index (κ3) is 2.77. The van der Waals surface area contributed by atoms with E-state index in [0.717, 1.165) is 18.5 Å². The molecule has 2 N–H and O–H groups in total. The van der Waals surface area contributed by atoms with E-state index in [9.17, 15) is 0 Å². The molecule has 0 aromatic carbocycles. The summed E-state index contributed by atoms with van der Waals surface area (Å²) >= 11 is 0. The maximum absolute atomic E-state index is 6.24. The van der Waals surface area contributed by atoms with Gasteiger partial charge in [-0.2, -0.15) is 0 Å². The van der Waals surface area contributed by atoms with E-state index in [4.69, 9.17) is 5.73 Å². The van der Waals surface area contributed by atoms with Crippen LogP contribution in [0.1, 0.15) is 58.8 Å². The van der Waals surface area contributed by atoms with Crippen molar-refractivity contribution in [2.45, 2.75) is 76.4 Å². The Labute approximate surface area is 124 Å². The Morgan fingerprint density at radius 1 is 1.10 bits per heavy atom. The fourth-order valence-corrected chi connectivity index (χ4v) is 4.74. The molecule has 2 saturated heterocycles. The Balaban J connectivity index is 1.69. The first-order valence-corrected chi connectivity index (χ1v) is 8.83. The van der Waals surface area contributed by atoms with E-state index >= 15 is 0 Å². The minimum atomic E-state index is 0.230. The molecule has 3 nitrogen and oxygen atoms in total. The quantitative estimate of drug-likeness (QED) is 0.858. The zero-order valence-electron chi connectivity index (χ0n) is 13.5. The molecule has 0 aromatic heterocycles. The van der Waals surface area contributed by atoms with Crippen molar-refractivity contribution in [3.05, 3.63) is 0 Å². The Morgan fingerprint density at radius 2 is 1.90 bits per heavy atom. The number of nitrogens with zero attached hydrogens (tertiary/aromatic N) is 2. The van der Waals surface area contributed by atoms with E-state index in [0.29, 0.717) is 6.04 Å². The smallest absolute Gasteiger partial charge is 0.0310 e. The summed E-state index contributed by atoms with van der Waals surface area (Å²) in [6.07, 6.45) is 9.86. The molecule has 0 radical (unpaired) electrons. The van der Waals surface area contributed by atoms with Gasteiger partial charge in [-0.1, -0.05) is 25.7 Å². The third-order valence-electron chi connectivity index (χ3n) is 6.27. The summed E-state index contributed by atoms with van der Waals surface area (Å²) in [4.78, 5) is 5.52. The van der Waals surface area contributed by atoms with E-state index in [1.807, 2.05) is 0 Å². The zero-order valence-corrected chi connectivity index (χ0v) is 13.5. The Kier molecular flexibility index (Phi) is 4.40. The predicted octanol–water partition coefficient (Wildman–Crippen LogP) is 2.45. The van der Waals surface area contributed by atoms with Crippen LogP contribution >= 0.6 is 0 Å². The fourth-order valence-electron chi connectivity index (χ4n) is 4.74. The van der Waals surface area contributed by atoms with Crippen molar-refractivity contribution >= 4 is 0 Å². The normalized spacial score (nSPS) is 36.1. The van der Waals surface area contributed by atoms with Gasteiger partial charge in [-0.25, -0.2) is 0 Å². The molecule has 3 aliphatic rings. The maximum atomic E-state index is 6.24. The van der Waals surface area contributed by atoms with Gasteiger partial charge in [-0.05, 0) is 45.6 Å². The molecule has 0 bridgehead atoms. The summed E-state index contributed by atoms with van der Waals surface area (Å²) in [6.45, 7) is 9.50. The summed E-state index contributed by atoms with van der Waals surface area (Å²) < 4.78 is 0. The van der Waals surface area contributed by atoms with Crippen LogP contribution in [-0.2, 0) is 0 Å². The van der Waals surface area contributed by atoms with Crippen molar-refractivity contribution in [2.75, 3.05) is 26.2 Å². The van der Waals surface area contributed by atoms with Crippen molar-refractivity contribution < 1.29 is 0 Å². The number of piperazine rings is 1. The highest BCUT2D eigenvalue weighted by molar-refractivity contribution is 4.99. The van der Waals surface area contributed by atoms with Gasteiger partial charge in [0.15, 0.2) is 0 Å². The Bertz CT molecular complexity index is 328. The van der Waals surface area contributed by atoms with Crippen LogP contribution in [0.15, 0.2) is 0 Å². The van der Waals surface area contributed by atoms with Crippen molar-refractivity contribution in [1.29, 1.82) is 0 Å². The molecule has 1 saturated carbocycles. The van der Waals surface area contributed by atoms with Gasteiger partial charge in [0.2, 0.25) is 0 Å². The molecule has 3 heteroatoms. The number of nitrogens with two attached hydrogens (primary N) is 1. The van der Waals surface area contributed by atoms with Crippen LogP contribution < -0.4 is 5.73 Å². The van der Waals surface area contributed by atoms with Crippen LogP contribution in [0.4, 0.5) is 0 Å². The number of hydrogen-bond acceptors (Lipinski definition) is 3. The average molecular weight is 279 g/mol.